The predicted octanol–water partition coefficient (Wildman–Crippen LogP) is 3.74. The van der Waals surface area contributed by atoms with Crippen LogP contribution in [0.25, 0.3) is 0 Å². The number of hydrogen-bond donors (Lipinski definition) is 0. The first-order valence-corrected chi connectivity index (χ1v) is 4.59. The molecular weight excluding hydrogens is 163 g/mol. The Balaban J connectivity index is 3.32. The zero-order chi connectivity index (χ0) is 10.2. The predicted molar refractivity (Wildman–Crippen MR) is 54.6 cm³/mol. The second kappa shape index (κ2) is 3.13. The number of aryl methyl sites for hydroxylation is 2. The fourth-order valence-corrected chi connectivity index (χ4v) is 1.59. The third-order valence-electron chi connectivity index (χ3n) is 2.31. The average molecular weight is 180 g/mol. The fourth-order valence-electron chi connectivity index (χ4n) is 1.59. The van der Waals surface area contributed by atoms with E-state index < -0.39 is 0 Å². The first-order chi connectivity index (χ1) is 5.82. The van der Waals surface area contributed by atoms with E-state index >= 15 is 0 Å². The second-order valence-corrected chi connectivity index (χ2v) is 4.67. The summed E-state index contributed by atoms with van der Waals surface area (Å²) in [6.07, 6.45) is 0. The van der Waals surface area contributed by atoms with Gasteiger partial charge < -0.3 is 0 Å². The van der Waals surface area contributed by atoms with Gasteiger partial charge in [-0.15, -0.1) is 0 Å². The largest absolute Gasteiger partial charge is 0.207 e. The van der Waals surface area contributed by atoms with Gasteiger partial charge in [0.2, 0.25) is 0 Å². The zero-order valence-electron chi connectivity index (χ0n) is 9.03. The molecule has 0 bridgehead atoms. The van der Waals surface area contributed by atoms with Gasteiger partial charge in [-0.3, -0.25) is 0 Å². The van der Waals surface area contributed by atoms with Crippen LogP contribution in [0, 0.1) is 19.7 Å². The first-order valence-electron chi connectivity index (χ1n) is 4.59. The molecule has 0 aliphatic heterocycles. The molecule has 1 heteroatoms. The Morgan fingerprint density at radius 2 is 1.54 bits per heavy atom. The maximum atomic E-state index is 13.1. The van der Waals surface area contributed by atoms with Crippen LogP contribution in [0.2, 0.25) is 0 Å². The van der Waals surface area contributed by atoms with Crippen molar-refractivity contribution in [2.45, 2.75) is 40.0 Å². The molecule has 1 aromatic rings. The molecule has 0 atom stereocenters. The molecule has 0 fully saturated rings. The van der Waals surface area contributed by atoms with Crippen molar-refractivity contribution in [3.8, 4) is 0 Å². The topological polar surface area (TPSA) is 0 Å². The molecule has 13 heavy (non-hydrogen) atoms. The third-order valence-corrected chi connectivity index (χ3v) is 2.31. The van der Waals surface area contributed by atoms with Crippen LogP contribution >= 0.6 is 0 Å². The van der Waals surface area contributed by atoms with Crippen molar-refractivity contribution in [1.29, 1.82) is 0 Å². The normalized spacial score (nSPS) is 11.8. The molecule has 0 aliphatic rings. The summed E-state index contributed by atoms with van der Waals surface area (Å²) in [5.41, 5.74) is 3.10. The summed E-state index contributed by atoms with van der Waals surface area (Å²) in [7, 11) is 0. The van der Waals surface area contributed by atoms with Crippen LogP contribution in [-0.2, 0) is 5.41 Å². The van der Waals surface area contributed by atoms with Gasteiger partial charge in [0, 0.05) is 0 Å². The minimum atomic E-state index is -0.106. The Labute approximate surface area is 79.8 Å². The Kier molecular flexibility index (Phi) is 2.47. The molecule has 0 heterocycles. The summed E-state index contributed by atoms with van der Waals surface area (Å²) >= 11 is 0. The first kappa shape index (κ1) is 10.2. The van der Waals surface area contributed by atoms with E-state index in [-0.39, 0.29) is 11.2 Å². The number of benzene rings is 1. The van der Waals surface area contributed by atoms with E-state index in [1.807, 2.05) is 19.9 Å². The molecule has 1 aromatic carbocycles. The van der Waals surface area contributed by atoms with E-state index in [4.69, 9.17) is 0 Å². The molecule has 0 amide bonds. The lowest BCUT2D eigenvalue weighted by atomic mass is 9.83. The summed E-state index contributed by atoms with van der Waals surface area (Å²) in [6, 6.07) is 3.57. The molecule has 0 N–H and O–H groups in total. The van der Waals surface area contributed by atoms with Gasteiger partial charge in [-0.1, -0.05) is 26.8 Å². The molecular formula is C12H17F. The molecule has 0 spiro atoms. The molecule has 0 saturated carbocycles. The second-order valence-electron chi connectivity index (χ2n) is 4.67. The highest BCUT2D eigenvalue weighted by Crippen LogP contribution is 2.27. The van der Waals surface area contributed by atoms with Crippen LogP contribution in [0.1, 0.15) is 37.5 Å². The van der Waals surface area contributed by atoms with Crippen molar-refractivity contribution in [2.75, 3.05) is 0 Å². The highest BCUT2D eigenvalue weighted by molar-refractivity contribution is 5.36. The van der Waals surface area contributed by atoms with E-state index in [0.717, 1.165) is 11.1 Å². The Morgan fingerprint density at radius 3 is 2.00 bits per heavy atom. The van der Waals surface area contributed by atoms with Crippen molar-refractivity contribution in [1.82, 2.24) is 0 Å². The summed E-state index contributed by atoms with van der Waals surface area (Å²) in [5.74, 6) is -0.106. The summed E-state index contributed by atoms with van der Waals surface area (Å²) in [6.45, 7) is 10.2. The molecule has 0 unspecified atom stereocenters. The van der Waals surface area contributed by atoms with E-state index in [9.17, 15) is 4.39 Å². The van der Waals surface area contributed by atoms with Crippen LogP contribution in [0.15, 0.2) is 12.1 Å². The van der Waals surface area contributed by atoms with Gasteiger partial charge in [0.15, 0.2) is 0 Å². The lowest BCUT2D eigenvalue weighted by molar-refractivity contribution is 0.574. The van der Waals surface area contributed by atoms with Crippen LogP contribution in [0.3, 0.4) is 0 Å². The maximum Gasteiger partial charge on any atom is 0.126 e. The van der Waals surface area contributed by atoms with Crippen molar-refractivity contribution in [3.63, 3.8) is 0 Å². The summed E-state index contributed by atoms with van der Waals surface area (Å²) in [5, 5.41) is 0. The van der Waals surface area contributed by atoms with Gasteiger partial charge in [0.05, 0.1) is 0 Å². The minimum Gasteiger partial charge on any atom is -0.207 e. The molecule has 0 nitrogen and oxygen atoms in total. The number of hydrogen-bond acceptors (Lipinski definition) is 0. The van der Waals surface area contributed by atoms with Gasteiger partial charge >= 0.3 is 0 Å². The van der Waals surface area contributed by atoms with Crippen molar-refractivity contribution < 1.29 is 4.39 Å². The Morgan fingerprint density at radius 1 is 1.00 bits per heavy atom. The number of rotatable bonds is 0. The third kappa shape index (κ3) is 2.09. The standard InChI is InChI=1S/C12H17F/c1-8-7-11(13)9(2)6-10(8)12(3,4)5/h6-7H,1-5H3. The highest BCUT2D eigenvalue weighted by atomic mass is 19.1. The average Bonchev–Trinajstić information content (AvgIpc) is 1.94. The van der Waals surface area contributed by atoms with E-state index in [1.165, 1.54) is 5.56 Å². The van der Waals surface area contributed by atoms with Crippen LogP contribution < -0.4 is 0 Å². The number of halogens is 1. The Hall–Kier alpha value is -0.850. The molecule has 0 radical (unpaired) electrons. The van der Waals surface area contributed by atoms with Crippen molar-refractivity contribution >= 4 is 0 Å². The SMILES string of the molecule is Cc1cc(C(C)(C)C)c(C)cc1F. The lowest BCUT2D eigenvalue weighted by Gasteiger charge is -2.22. The zero-order valence-corrected chi connectivity index (χ0v) is 9.03. The molecule has 0 aliphatic carbocycles. The van der Waals surface area contributed by atoms with Crippen LogP contribution in [-0.4, -0.2) is 0 Å². The van der Waals surface area contributed by atoms with Gasteiger partial charge in [-0.25, -0.2) is 4.39 Å². The quantitative estimate of drug-likeness (QED) is 0.570. The van der Waals surface area contributed by atoms with Crippen LogP contribution in [0.4, 0.5) is 4.39 Å². The van der Waals surface area contributed by atoms with E-state index in [1.54, 1.807) is 6.07 Å². The monoisotopic (exact) mass is 180 g/mol. The fraction of sp³-hybridized carbons (Fsp3) is 0.500. The molecule has 72 valence electrons. The highest BCUT2D eigenvalue weighted by Gasteiger charge is 2.17. The minimum absolute atomic E-state index is 0.0997. The maximum absolute atomic E-state index is 13.1. The van der Waals surface area contributed by atoms with Crippen LogP contribution in [0.5, 0.6) is 0 Å². The lowest BCUT2D eigenvalue weighted by Crippen LogP contribution is -2.13. The van der Waals surface area contributed by atoms with E-state index in [0.29, 0.717) is 0 Å². The smallest absolute Gasteiger partial charge is 0.126 e. The Bertz CT molecular complexity index is 319. The van der Waals surface area contributed by atoms with Crippen molar-refractivity contribution in [2.24, 2.45) is 0 Å². The van der Waals surface area contributed by atoms with Gasteiger partial charge in [-0.2, -0.15) is 0 Å². The molecule has 0 aromatic heterocycles. The van der Waals surface area contributed by atoms with Crippen molar-refractivity contribution in [3.05, 3.63) is 34.6 Å². The molecule has 0 saturated heterocycles. The van der Waals surface area contributed by atoms with E-state index in [2.05, 4.69) is 20.8 Å². The van der Waals surface area contributed by atoms with Gasteiger partial charge in [0.25, 0.3) is 0 Å². The molecule has 1 rings (SSSR count). The summed E-state index contributed by atoms with van der Waals surface area (Å²) in [4.78, 5) is 0. The summed E-state index contributed by atoms with van der Waals surface area (Å²) < 4.78 is 13.1. The van der Waals surface area contributed by atoms with Gasteiger partial charge in [-0.05, 0) is 42.0 Å². The van der Waals surface area contributed by atoms with Gasteiger partial charge in [0.1, 0.15) is 5.82 Å².